The van der Waals surface area contributed by atoms with Gasteiger partial charge in [0.25, 0.3) is 0 Å². The minimum Gasteiger partial charge on any atom is -0.338 e. The van der Waals surface area contributed by atoms with E-state index in [4.69, 9.17) is 0 Å². The summed E-state index contributed by atoms with van der Waals surface area (Å²) in [5, 5.41) is 0. The fraction of sp³-hybridized carbons (Fsp3) is 0.440. The molecule has 0 unspecified atom stereocenters. The van der Waals surface area contributed by atoms with Gasteiger partial charge in [-0.05, 0) is 62.3 Å². The molecule has 0 fully saturated rings. The lowest BCUT2D eigenvalue weighted by molar-refractivity contribution is -0.131. The highest BCUT2D eigenvalue weighted by Crippen LogP contribution is 2.27. The third-order valence-electron chi connectivity index (χ3n) is 5.89. The molecule has 0 bridgehead atoms. The Kier molecular flexibility index (Phi) is 8.49. The Hall–Kier alpha value is -2.87. The van der Waals surface area contributed by atoms with Crippen molar-refractivity contribution in [2.24, 2.45) is 0 Å². The van der Waals surface area contributed by atoms with Gasteiger partial charge < -0.3 is 14.7 Å². The monoisotopic (exact) mass is 461 g/mol. The number of carbonyl (C=O) groups excluding carboxylic acids is 2. The van der Waals surface area contributed by atoms with Crippen LogP contribution in [-0.4, -0.2) is 54.8 Å². The Balaban J connectivity index is 1.96. The van der Waals surface area contributed by atoms with E-state index in [0.29, 0.717) is 42.7 Å². The zero-order valence-corrected chi connectivity index (χ0v) is 19.1. The number of halogens is 3. The first kappa shape index (κ1) is 24.8. The fourth-order valence-corrected chi connectivity index (χ4v) is 4.05. The lowest BCUT2D eigenvalue weighted by Gasteiger charge is -2.31. The summed E-state index contributed by atoms with van der Waals surface area (Å²) < 4.78 is 41.7. The smallest absolute Gasteiger partial charge is 0.227 e. The van der Waals surface area contributed by atoms with Crippen molar-refractivity contribution in [3.8, 4) is 0 Å². The van der Waals surface area contributed by atoms with E-state index in [0.717, 1.165) is 25.2 Å². The molecule has 0 saturated carbocycles. The van der Waals surface area contributed by atoms with Gasteiger partial charge in [0.2, 0.25) is 11.8 Å². The molecule has 2 amide bonds. The van der Waals surface area contributed by atoms with Crippen molar-refractivity contribution < 1.29 is 22.8 Å². The zero-order chi connectivity index (χ0) is 24.0. The molecular weight excluding hydrogens is 431 g/mol. The number of benzene rings is 2. The van der Waals surface area contributed by atoms with Gasteiger partial charge in [-0.3, -0.25) is 9.59 Å². The van der Waals surface area contributed by atoms with Crippen molar-refractivity contribution in [3.63, 3.8) is 0 Å². The summed E-state index contributed by atoms with van der Waals surface area (Å²) in [7, 11) is 1.98. The van der Waals surface area contributed by atoms with Crippen LogP contribution in [0.5, 0.6) is 0 Å². The lowest BCUT2D eigenvalue weighted by atomic mass is 10.1. The van der Waals surface area contributed by atoms with Crippen LogP contribution in [0.1, 0.15) is 37.3 Å². The SMILES string of the molecule is CCC(=O)N1CCCN(C)CCCN(C(=O)Cc2ccc(F)cc2)Cc2cc(F)c(F)cc21. The van der Waals surface area contributed by atoms with Crippen molar-refractivity contribution in [1.82, 2.24) is 9.80 Å². The summed E-state index contributed by atoms with van der Waals surface area (Å²) in [6.07, 6.45) is 1.68. The largest absolute Gasteiger partial charge is 0.338 e. The lowest BCUT2D eigenvalue weighted by Crippen LogP contribution is -2.38. The first-order chi connectivity index (χ1) is 15.8. The maximum Gasteiger partial charge on any atom is 0.227 e. The quantitative estimate of drug-likeness (QED) is 0.690. The molecule has 2 aromatic carbocycles. The molecule has 0 spiro atoms. The molecule has 0 saturated heterocycles. The first-order valence-corrected chi connectivity index (χ1v) is 11.3. The Morgan fingerprint density at radius 2 is 1.52 bits per heavy atom. The van der Waals surface area contributed by atoms with Gasteiger partial charge in [-0.25, -0.2) is 13.2 Å². The molecule has 178 valence electrons. The van der Waals surface area contributed by atoms with Crippen LogP contribution in [0.3, 0.4) is 0 Å². The van der Waals surface area contributed by atoms with Crippen LogP contribution in [-0.2, 0) is 22.6 Å². The molecule has 8 heteroatoms. The van der Waals surface area contributed by atoms with Gasteiger partial charge in [0.05, 0.1) is 12.1 Å². The van der Waals surface area contributed by atoms with Crippen molar-refractivity contribution >= 4 is 17.5 Å². The van der Waals surface area contributed by atoms with Crippen LogP contribution in [0.15, 0.2) is 36.4 Å². The first-order valence-electron chi connectivity index (χ1n) is 11.3. The summed E-state index contributed by atoms with van der Waals surface area (Å²) in [6, 6.07) is 7.85. The van der Waals surface area contributed by atoms with E-state index in [-0.39, 0.29) is 37.0 Å². The van der Waals surface area contributed by atoms with Crippen molar-refractivity contribution in [1.29, 1.82) is 0 Å². The van der Waals surface area contributed by atoms with Crippen LogP contribution in [0, 0.1) is 17.5 Å². The third kappa shape index (κ3) is 6.57. The number of nitrogens with zero attached hydrogens (tertiary/aromatic N) is 3. The highest BCUT2D eigenvalue weighted by Gasteiger charge is 2.24. The van der Waals surface area contributed by atoms with Crippen LogP contribution in [0.2, 0.25) is 0 Å². The van der Waals surface area contributed by atoms with Crippen LogP contribution in [0.4, 0.5) is 18.9 Å². The van der Waals surface area contributed by atoms with E-state index < -0.39 is 11.6 Å². The second-order valence-electron chi connectivity index (χ2n) is 8.42. The van der Waals surface area contributed by atoms with E-state index in [2.05, 4.69) is 4.90 Å². The molecule has 1 aliphatic heterocycles. The predicted molar refractivity (Wildman–Crippen MR) is 121 cm³/mol. The number of hydrogen-bond acceptors (Lipinski definition) is 3. The van der Waals surface area contributed by atoms with Crippen LogP contribution in [0.25, 0.3) is 0 Å². The average molecular weight is 462 g/mol. The minimum atomic E-state index is -1.03. The van der Waals surface area contributed by atoms with Gasteiger partial charge in [-0.15, -0.1) is 0 Å². The molecule has 0 radical (unpaired) electrons. The molecule has 33 heavy (non-hydrogen) atoms. The standard InChI is InChI=1S/C25H30F3N3O2/c1-3-24(32)31-13-5-11-29(2)10-4-12-30(17-19-15-21(27)22(28)16-23(19)31)25(33)14-18-6-8-20(26)9-7-18/h6-9,15-16H,3-5,10-14,17H2,1-2H3. The van der Waals surface area contributed by atoms with Crippen LogP contribution >= 0.6 is 0 Å². The highest BCUT2D eigenvalue weighted by molar-refractivity contribution is 5.94. The number of amides is 2. The van der Waals surface area contributed by atoms with E-state index >= 15 is 0 Å². The number of hydrogen-bond donors (Lipinski definition) is 0. The zero-order valence-electron chi connectivity index (χ0n) is 19.1. The second-order valence-corrected chi connectivity index (χ2v) is 8.42. The number of anilines is 1. The number of carbonyl (C=O) groups is 2. The van der Waals surface area contributed by atoms with Gasteiger partial charge >= 0.3 is 0 Å². The topological polar surface area (TPSA) is 43.9 Å². The number of rotatable bonds is 3. The molecule has 5 nitrogen and oxygen atoms in total. The van der Waals surface area contributed by atoms with E-state index in [1.54, 1.807) is 24.0 Å². The van der Waals surface area contributed by atoms with Gasteiger partial charge in [0, 0.05) is 32.1 Å². The van der Waals surface area contributed by atoms with Gasteiger partial charge in [0.1, 0.15) is 5.82 Å². The Morgan fingerprint density at radius 1 is 0.879 bits per heavy atom. The van der Waals surface area contributed by atoms with Crippen LogP contribution < -0.4 is 4.90 Å². The summed E-state index contributed by atoms with van der Waals surface area (Å²) in [5.74, 6) is -2.82. The Morgan fingerprint density at radius 3 is 2.18 bits per heavy atom. The molecule has 1 heterocycles. The molecule has 0 N–H and O–H groups in total. The molecular formula is C25H30F3N3O2. The van der Waals surface area contributed by atoms with Crippen molar-refractivity contribution in [3.05, 3.63) is 65.0 Å². The van der Waals surface area contributed by atoms with Gasteiger partial charge in [0.15, 0.2) is 11.6 Å². The molecule has 0 aliphatic carbocycles. The van der Waals surface area contributed by atoms with Crippen molar-refractivity contribution in [2.45, 2.75) is 39.2 Å². The minimum absolute atomic E-state index is 0.0454. The normalized spacial score (nSPS) is 16.0. The average Bonchev–Trinajstić information content (AvgIpc) is 2.78. The summed E-state index contributed by atoms with van der Waals surface area (Å²) in [4.78, 5) is 31.1. The maximum atomic E-state index is 14.2. The molecule has 1 aliphatic rings. The van der Waals surface area contributed by atoms with E-state index in [9.17, 15) is 22.8 Å². The summed E-state index contributed by atoms with van der Waals surface area (Å²) in [5.41, 5.74) is 1.35. The molecule has 2 aromatic rings. The summed E-state index contributed by atoms with van der Waals surface area (Å²) >= 11 is 0. The highest BCUT2D eigenvalue weighted by atomic mass is 19.2. The maximum absolute atomic E-state index is 14.2. The number of fused-ring (bicyclic) bond motifs is 1. The van der Waals surface area contributed by atoms with Gasteiger partial charge in [-0.2, -0.15) is 0 Å². The third-order valence-corrected chi connectivity index (χ3v) is 5.89. The van der Waals surface area contributed by atoms with E-state index in [1.807, 2.05) is 7.05 Å². The summed E-state index contributed by atoms with van der Waals surface area (Å²) in [6.45, 7) is 4.05. The molecule has 0 atom stereocenters. The Labute approximate surface area is 192 Å². The van der Waals surface area contributed by atoms with Crippen molar-refractivity contribution in [2.75, 3.05) is 38.1 Å². The van der Waals surface area contributed by atoms with E-state index in [1.165, 1.54) is 17.0 Å². The molecule has 0 aromatic heterocycles. The fourth-order valence-electron chi connectivity index (χ4n) is 4.05. The molecule has 3 rings (SSSR count). The Bertz CT molecular complexity index is 982. The van der Waals surface area contributed by atoms with Gasteiger partial charge in [-0.1, -0.05) is 19.1 Å². The predicted octanol–water partition coefficient (Wildman–Crippen LogP) is 4.14. The second kappa shape index (κ2) is 11.3.